The quantitative estimate of drug-likeness (QED) is 0.495. The minimum atomic E-state index is -0.967. The Morgan fingerprint density at radius 1 is 1.11 bits per heavy atom. The average molecular weight is 372 g/mol. The van der Waals surface area contributed by atoms with E-state index in [1.165, 1.54) is 11.3 Å². The summed E-state index contributed by atoms with van der Waals surface area (Å²) in [5.41, 5.74) is 3.27. The number of thiazole rings is 1. The first-order valence-electron chi connectivity index (χ1n) is 8.48. The molecule has 0 aliphatic carbocycles. The van der Waals surface area contributed by atoms with Gasteiger partial charge in [0.05, 0.1) is 27.7 Å². The predicted octanol–water partition coefficient (Wildman–Crippen LogP) is 4.50. The number of hydrogen-bond acceptors (Lipinski definition) is 5. The van der Waals surface area contributed by atoms with Crippen molar-refractivity contribution in [3.63, 3.8) is 0 Å². The number of carbonyl (C=O) groups excluding carboxylic acids is 1. The molecule has 0 fully saturated rings. The Hall–Kier alpha value is -3.30. The predicted molar refractivity (Wildman–Crippen MR) is 106 cm³/mol. The van der Waals surface area contributed by atoms with Crippen molar-refractivity contribution >= 4 is 28.2 Å². The van der Waals surface area contributed by atoms with Gasteiger partial charge in [-0.2, -0.15) is 5.26 Å². The number of ketones is 1. The topological polar surface area (TPSA) is 71.6 Å². The number of fused-ring (bicyclic) bond motifs is 1. The van der Waals surface area contributed by atoms with Gasteiger partial charge in [0.25, 0.3) is 0 Å². The van der Waals surface area contributed by atoms with E-state index in [1.54, 1.807) is 6.92 Å². The van der Waals surface area contributed by atoms with Gasteiger partial charge in [-0.3, -0.25) is 4.79 Å². The summed E-state index contributed by atoms with van der Waals surface area (Å²) in [5.74, 6) is -0.768. The molecule has 0 spiro atoms. The normalized spacial score (nSPS) is 12.0. The lowest BCUT2D eigenvalue weighted by molar-refractivity contribution is 0.0978. The molecule has 6 heteroatoms. The largest absolute Gasteiger partial charge is 0.330 e. The summed E-state index contributed by atoms with van der Waals surface area (Å²) in [6.07, 6.45) is 0. The fraction of sp³-hybridized carbons (Fsp3) is 0.143. The number of para-hydroxylation sites is 2. The van der Waals surface area contributed by atoms with Gasteiger partial charge in [0.15, 0.2) is 11.7 Å². The minimum absolute atomic E-state index is 0.256. The Morgan fingerprint density at radius 2 is 1.81 bits per heavy atom. The third-order valence-electron chi connectivity index (χ3n) is 4.51. The number of aryl methyl sites for hydroxylation is 2. The summed E-state index contributed by atoms with van der Waals surface area (Å²) in [5, 5.41) is 10.5. The second kappa shape index (κ2) is 6.78. The van der Waals surface area contributed by atoms with Crippen LogP contribution in [0.4, 0.5) is 0 Å². The molecular formula is C21H16N4OS. The fourth-order valence-electron chi connectivity index (χ4n) is 3.12. The molecule has 2 aromatic carbocycles. The summed E-state index contributed by atoms with van der Waals surface area (Å²) in [6.45, 7) is 1.81. The summed E-state index contributed by atoms with van der Waals surface area (Å²) in [4.78, 5) is 22.7. The highest BCUT2D eigenvalue weighted by Crippen LogP contribution is 2.32. The monoisotopic (exact) mass is 372 g/mol. The molecule has 4 rings (SSSR count). The number of carbonyl (C=O) groups is 1. The molecule has 4 aromatic rings. The van der Waals surface area contributed by atoms with Gasteiger partial charge in [0.2, 0.25) is 0 Å². The van der Waals surface area contributed by atoms with Crippen molar-refractivity contribution in [3.05, 3.63) is 71.0 Å². The van der Waals surface area contributed by atoms with Gasteiger partial charge in [-0.15, -0.1) is 11.3 Å². The van der Waals surface area contributed by atoms with Gasteiger partial charge in [-0.05, 0) is 19.1 Å². The van der Waals surface area contributed by atoms with Crippen molar-refractivity contribution < 1.29 is 4.79 Å². The molecule has 27 heavy (non-hydrogen) atoms. The third-order valence-corrected chi connectivity index (χ3v) is 5.73. The van der Waals surface area contributed by atoms with Crippen LogP contribution in [0.15, 0.2) is 54.6 Å². The molecule has 0 saturated carbocycles. The van der Waals surface area contributed by atoms with Crippen molar-refractivity contribution in [3.8, 4) is 16.6 Å². The minimum Gasteiger partial charge on any atom is -0.330 e. The van der Waals surface area contributed by atoms with Crippen LogP contribution >= 0.6 is 11.3 Å². The number of imidazole rings is 1. The Labute approximate surface area is 160 Å². The van der Waals surface area contributed by atoms with Crippen molar-refractivity contribution in [2.45, 2.75) is 12.8 Å². The average Bonchev–Trinajstić information content (AvgIpc) is 3.24. The molecule has 5 nitrogen and oxygen atoms in total. The number of benzene rings is 2. The molecule has 0 saturated heterocycles. The van der Waals surface area contributed by atoms with Gasteiger partial charge in [0.1, 0.15) is 10.8 Å². The van der Waals surface area contributed by atoms with Crippen LogP contribution in [0.5, 0.6) is 0 Å². The molecule has 0 amide bonds. The van der Waals surface area contributed by atoms with Gasteiger partial charge in [-0.25, -0.2) is 9.97 Å². The van der Waals surface area contributed by atoms with Crippen molar-refractivity contribution in [2.75, 3.05) is 0 Å². The molecule has 1 atom stereocenters. The molecule has 0 N–H and O–H groups in total. The number of nitriles is 1. The first-order chi connectivity index (χ1) is 13.1. The summed E-state index contributed by atoms with van der Waals surface area (Å²) < 4.78 is 1.82. The third kappa shape index (κ3) is 2.92. The van der Waals surface area contributed by atoms with Crippen LogP contribution in [0.2, 0.25) is 0 Å². The Balaban J connectivity index is 1.76. The zero-order valence-electron chi connectivity index (χ0n) is 14.9. The summed E-state index contributed by atoms with van der Waals surface area (Å²) in [7, 11) is 1.83. The van der Waals surface area contributed by atoms with E-state index in [2.05, 4.69) is 16.0 Å². The molecule has 0 aliphatic rings. The van der Waals surface area contributed by atoms with Gasteiger partial charge >= 0.3 is 0 Å². The van der Waals surface area contributed by atoms with Crippen LogP contribution in [-0.4, -0.2) is 20.3 Å². The summed E-state index contributed by atoms with van der Waals surface area (Å²) >= 11 is 1.32. The first kappa shape index (κ1) is 17.1. The van der Waals surface area contributed by atoms with E-state index in [9.17, 15) is 10.1 Å². The van der Waals surface area contributed by atoms with E-state index in [4.69, 9.17) is 0 Å². The zero-order valence-corrected chi connectivity index (χ0v) is 15.7. The van der Waals surface area contributed by atoms with Crippen LogP contribution in [0.1, 0.15) is 27.1 Å². The van der Waals surface area contributed by atoms with Crippen LogP contribution in [0, 0.1) is 18.3 Å². The highest BCUT2D eigenvalue weighted by molar-refractivity contribution is 7.17. The second-order valence-electron chi connectivity index (χ2n) is 6.24. The number of hydrogen-bond donors (Lipinski definition) is 0. The Kier molecular flexibility index (Phi) is 4.30. The SMILES string of the molecule is Cc1nc(-c2ccccc2)sc1C(=O)C(C#N)c1nc2ccccc2n1C. The molecule has 0 aliphatic heterocycles. The fourth-order valence-corrected chi connectivity index (χ4v) is 4.16. The number of rotatable bonds is 4. The van der Waals surface area contributed by atoms with Gasteiger partial charge in [-0.1, -0.05) is 42.5 Å². The second-order valence-corrected chi connectivity index (χ2v) is 7.24. The van der Waals surface area contributed by atoms with Gasteiger partial charge in [0, 0.05) is 12.6 Å². The maximum Gasteiger partial charge on any atom is 0.199 e. The molecule has 0 bridgehead atoms. The van der Waals surface area contributed by atoms with E-state index in [0.717, 1.165) is 21.6 Å². The molecule has 2 heterocycles. The van der Waals surface area contributed by atoms with Crippen molar-refractivity contribution in [1.29, 1.82) is 5.26 Å². The maximum atomic E-state index is 13.2. The van der Waals surface area contributed by atoms with E-state index < -0.39 is 5.92 Å². The Bertz CT molecular complexity index is 1180. The number of nitrogens with zero attached hydrogens (tertiary/aromatic N) is 4. The van der Waals surface area contributed by atoms with E-state index in [0.29, 0.717) is 16.4 Å². The van der Waals surface area contributed by atoms with Crippen molar-refractivity contribution in [2.24, 2.45) is 7.05 Å². The van der Waals surface area contributed by atoms with Crippen LogP contribution in [0.25, 0.3) is 21.6 Å². The number of aromatic nitrogens is 3. The highest BCUT2D eigenvalue weighted by atomic mass is 32.1. The van der Waals surface area contributed by atoms with Crippen molar-refractivity contribution in [1.82, 2.24) is 14.5 Å². The molecule has 0 radical (unpaired) electrons. The molecule has 132 valence electrons. The smallest absolute Gasteiger partial charge is 0.199 e. The van der Waals surface area contributed by atoms with E-state index >= 15 is 0 Å². The van der Waals surface area contributed by atoms with Crippen LogP contribution in [0.3, 0.4) is 0 Å². The van der Waals surface area contributed by atoms with E-state index in [-0.39, 0.29) is 5.78 Å². The summed E-state index contributed by atoms with van der Waals surface area (Å²) in [6, 6.07) is 19.5. The van der Waals surface area contributed by atoms with Crippen LogP contribution in [-0.2, 0) is 7.05 Å². The lowest BCUT2D eigenvalue weighted by Crippen LogP contribution is -2.15. The Morgan fingerprint density at radius 3 is 2.52 bits per heavy atom. The molecular weight excluding hydrogens is 356 g/mol. The standard InChI is InChI=1S/C21H16N4OS/c1-13-19(27-21(23-13)14-8-4-3-5-9-14)18(26)15(12-22)20-24-16-10-6-7-11-17(16)25(20)2/h3-11,15H,1-2H3. The van der Waals surface area contributed by atoms with Crippen LogP contribution < -0.4 is 0 Å². The lowest BCUT2D eigenvalue weighted by Gasteiger charge is -2.07. The molecule has 1 unspecified atom stereocenters. The highest BCUT2D eigenvalue weighted by Gasteiger charge is 2.30. The van der Waals surface area contributed by atoms with E-state index in [1.807, 2.05) is 66.2 Å². The first-order valence-corrected chi connectivity index (χ1v) is 9.30. The lowest BCUT2D eigenvalue weighted by atomic mass is 10.0. The molecule has 2 aromatic heterocycles. The maximum absolute atomic E-state index is 13.2. The van der Waals surface area contributed by atoms with Gasteiger partial charge < -0.3 is 4.57 Å². The zero-order chi connectivity index (χ0) is 19.0. The number of Topliss-reactive ketones (excluding diaryl/α,β-unsaturated/α-hetero) is 1.